The van der Waals surface area contributed by atoms with Crippen molar-refractivity contribution in [2.24, 2.45) is 17.4 Å². The zero-order valence-corrected chi connectivity index (χ0v) is 12.0. The minimum absolute atomic E-state index is 0.369. The standard InChI is InChI=1S/C13H21BrN2O/c1-9(5-10(7-15)8-16)12-6-11(14)3-4-13(12)17-2/h3-4,6,9-10H,5,7-8,15-16H2,1-2H3. The molecule has 96 valence electrons. The van der Waals surface area contributed by atoms with Gasteiger partial charge in [-0.15, -0.1) is 0 Å². The van der Waals surface area contributed by atoms with Gasteiger partial charge in [-0.1, -0.05) is 22.9 Å². The van der Waals surface area contributed by atoms with Gasteiger partial charge in [0.15, 0.2) is 0 Å². The highest BCUT2D eigenvalue weighted by molar-refractivity contribution is 9.10. The highest BCUT2D eigenvalue weighted by Crippen LogP contribution is 2.32. The van der Waals surface area contributed by atoms with E-state index >= 15 is 0 Å². The zero-order chi connectivity index (χ0) is 12.8. The molecule has 1 unspecified atom stereocenters. The van der Waals surface area contributed by atoms with E-state index in [1.165, 1.54) is 5.56 Å². The van der Waals surface area contributed by atoms with Crippen molar-refractivity contribution in [1.29, 1.82) is 0 Å². The number of rotatable bonds is 6. The van der Waals surface area contributed by atoms with Crippen molar-refractivity contribution in [1.82, 2.24) is 0 Å². The largest absolute Gasteiger partial charge is 0.496 e. The van der Waals surface area contributed by atoms with Crippen LogP contribution in [0.15, 0.2) is 22.7 Å². The van der Waals surface area contributed by atoms with E-state index in [2.05, 4.69) is 28.9 Å². The molecule has 0 aliphatic heterocycles. The molecule has 0 aliphatic carbocycles. The Bertz CT molecular complexity index is 353. The molecule has 0 radical (unpaired) electrons. The van der Waals surface area contributed by atoms with E-state index in [-0.39, 0.29) is 0 Å². The summed E-state index contributed by atoms with van der Waals surface area (Å²) in [5, 5.41) is 0. The van der Waals surface area contributed by atoms with E-state index in [1.54, 1.807) is 7.11 Å². The van der Waals surface area contributed by atoms with Crippen molar-refractivity contribution >= 4 is 15.9 Å². The van der Waals surface area contributed by atoms with Gasteiger partial charge in [0.25, 0.3) is 0 Å². The predicted molar refractivity (Wildman–Crippen MR) is 75.3 cm³/mol. The quantitative estimate of drug-likeness (QED) is 0.848. The Hall–Kier alpha value is -0.580. The molecule has 0 amide bonds. The fourth-order valence-corrected chi connectivity index (χ4v) is 2.38. The molecule has 4 N–H and O–H groups in total. The van der Waals surface area contributed by atoms with E-state index in [4.69, 9.17) is 16.2 Å². The summed E-state index contributed by atoms with van der Waals surface area (Å²) in [7, 11) is 1.70. The Morgan fingerprint density at radius 3 is 2.47 bits per heavy atom. The van der Waals surface area contributed by atoms with Gasteiger partial charge in [0.1, 0.15) is 5.75 Å². The summed E-state index contributed by atoms with van der Waals surface area (Å²) < 4.78 is 6.45. The van der Waals surface area contributed by atoms with Crippen LogP contribution in [0.1, 0.15) is 24.8 Å². The van der Waals surface area contributed by atoms with E-state index in [0.717, 1.165) is 16.6 Å². The first-order valence-corrected chi connectivity index (χ1v) is 6.65. The maximum Gasteiger partial charge on any atom is 0.122 e. The number of hydrogen-bond donors (Lipinski definition) is 2. The molecule has 0 spiro atoms. The van der Waals surface area contributed by atoms with Gasteiger partial charge < -0.3 is 16.2 Å². The fourth-order valence-electron chi connectivity index (χ4n) is 2.01. The highest BCUT2D eigenvalue weighted by Gasteiger charge is 2.16. The van der Waals surface area contributed by atoms with Crippen LogP contribution in [0.5, 0.6) is 5.75 Å². The van der Waals surface area contributed by atoms with Crippen LogP contribution in [-0.4, -0.2) is 20.2 Å². The van der Waals surface area contributed by atoms with Gasteiger partial charge in [-0.2, -0.15) is 0 Å². The zero-order valence-electron chi connectivity index (χ0n) is 10.4. The number of methoxy groups -OCH3 is 1. The third-order valence-electron chi connectivity index (χ3n) is 3.08. The van der Waals surface area contributed by atoms with Crippen LogP contribution in [0.3, 0.4) is 0 Å². The highest BCUT2D eigenvalue weighted by atomic mass is 79.9. The smallest absolute Gasteiger partial charge is 0.122 e. The van der Waals surface area contributed by atoms with Crippen molar-refractivity contribution in [2.75, 3.05) is 20.2 Å². The van der Waals surface area contributed by atoms with E-state index in [1.807, 2.05) is 12.1 Å². The number of benzene rings is 1. The first kappa shape index (κ1) is 14.5. The summed E-state index contributed by atoms with van der Waals surface area (Å²) >= 11 is 3.49. The average Bonchev–Trinajstić information content (AvgIpc) is 2.35. The molecule has 1 atom stereocenters. The summed E-state index contributed by atoms with van der Waals surface area (Å²) in [6.07, 6.45) is 0.986. The lowest BCUT2D eigenvalue weighted by Crippen LogP contribution is -2.24. The number of ether oxygens (including phenoxy) is 1. The molecule has 17 heavy (non-hydrogen) atoms. The summed E-state index contributed by atoms with van der Waals surface area (Å²) in [5.41, 5.74) is 12.6. The Kier molecular flexibility index (Phi) is 5.95. The molecule has 0 bridgehead atoms. The van der Waals surface area contributed by atoms with Crippen LogP contribution in [0.4, 0.5) is 0 Å². The van der Waals surface area contributed by atoms with Crippen LogP contribution >= 0.6 is 15.9 Å². The van der Waals surface area contributed by atoms with Crippen molar-refractivity contribution in [3.63, 3.8) is 0 Å². The lowest BCUT2D eigenvalue weighted by atomic mass is 9.89. The third-order valence-corrected chi connectivity index (χ3v) is 3.57. The van der Waals surface area contributed by atoms with Crippen molar-refractivity contribution in [3.8, 4) is 5.75 Å². The summed E-state index contributed by atoms with van der Waals surface area (Å²) in [6.45, 7) is 3.46. The molecular formula is C13H21BrN2O. The van der Waals surface area contributed by atoms with Gasteiger partial charge in [0.05, 0.1) is 7.11 Å². The number of nitrogens with two attached hydrogens (primary N) is 2. The lowest BCUT2D eigenvalue weighted by Gasteiger charge is -2.20. The Morgan fingerprint density at radius 2 is 1.94 bits per heavy atom. The molecule has 0 fully saturated rings. The SMILES string of the molecule is COc1ccc(Br)cc1C(C)CC(CN)CN. The van der Waals surface area contributed by atoms with Gasteiger partial charge in [-0.25, -0.2) is 0 Å². The lowest BCUT2D eigenvalue weighted by molar-refractivity contribution is 0.397. The van der Waals surface area contributed by atoms with E-state index in [0.29, 0.717) is 24.9 Å². The molecule has 1 aromatic rings. The third kappa shape index (κ3) is 3.98. The Morgan fingerprint density at radius 1 is 1.29 bits per heavy atom. The molecular weight excluding hydrogens is 280 g/mol. The minimum atomic E-state index is 0.369. The van der Waals surface area contributed by atoms with Crippen LogP contribution in [0.2, 0.25) is 0 Å². The van der Waals surface area contributed by atoms with Gasteiger partial charge in [0.2, 0.25) is 0 Å². The topological polar surface area (TPSA) is 61.3 Å². The molecule has 0 saturated carbocycles. The summed E-state index contributed by atoms with van der Waals surface area (Å²) in [5.74, 6) is 1.68. The average molecular weight is 301 g/mol. The monoisotopic (exact) mass is 300 g/mol. The second kappa shape index (κ2) is 6.99. The summed E-state index contributed by atoms with van der Waals surface area (Å²) in [6, 6.07) is 6.07. The van der Waals surface area contributed by atoms with Gasteiger partial charge >= 0.3 is 0 Å². The molecule has 0 heterocycles. The molecule has 0 aromatic heterocycles. The first-order chi connectivity index (χ1) is 8.12. The maximum absolute atomic E-state index is 5.69. The molecule has 0 saturated heterocycles. The van der Waals surface area contributed by atoms with Crippen molar-refractivity contribution in [2.45, 2.75) is 19.3 Å². The van der Waals surface area contributed by atoms with Crippen molar-refractivity contribution < 1.29 is 4.74 Å². The van der Waals surface area contributed by atoms with Gasteiger partial charge in [0, 0.05) is 4.47 Å². The van der Waals surface area contributed by atoms with Crippen LogP contribution in [0.25, 0.3) is 0 Å². The normalized spacial score (nSPS) is 12.8. The van der Waals surface area contributed by atoms with E-state index < -0.39 is 0 Å². The predicted octanol–water partition coefficient (Wildman–Crippen LogP) is 2.48. The number of halogens is 1. The van der Waals surface area contributed by atoms with E-state index in [9.17, 15) is 0 Å². The van der Waals surface area contributed by atoms with Crippen LogP contribution in [0, 0.1) is 5.92 Å². The molecule has 0 aliphatic rings. The second-order valence-electron chi connectivity index (χ2n) is 4.36. The number of hydrogen-bond acceptors (Lipinski definition) is 3. The van der Waals surface area contributed by atoms with Gasteiger partial charge in [-0.05, 0) is 55.1 Å². The second-order valence-corrected chi connectivity index (χ2v) is 5.28. The minimum Gasteiger partial charge on any atom is -0.496 e. The first-order valence-electron chi connectivity index (χ1n) is 5.85. The molecule has 1 aromatic carbocycles. The van der Waals surface area contributed by atoms with Crippen LogP contribution in [-0.2, 0) is 0 Å². The molecule has 3 nitrogen and oxygen atoms in total. The van der Waals surface area contributed by atoms with Crippen LogP contribution < -0.4 is 16.2 Å². The Balaban J connectivity index is 2.86. The summed E-state index contributed by atoms with van der Waals surface area (Å²) in [4.78, 5) is 0. The fraction of sp³-hybridized carbons (Fsp3) is 0.538. The van der Waals surface area contributed by atoms with Crippen molar-refractivity contribution in [3.05, 3.63) is 28.2 Å². The van der Waals surface area contributed by atoms with Gasteiger partial charge in [-0.3, -0.25) is 0 Å². The molecule has 4 heteroatoms. The maximum atomic E-state index is 5.69. The Labute approximate surface area is 112 Å². The molecule has 1 rings (SSSR count).